The molecule has 0 saturated heterocycles. The van der Waals surface area contributed by atoms with E-state index in [0.29, 0.717) is 0 Å². The number of anilines is 2. The molecule has 0 fully saturated rings. The number of nitrogens with one attached hydrogen (secondary N) is 1. The highest BCUT2D eigenvalue weighted by atomic mass is 35.5. The van der Waals surface area contributed by atoms with Gasteiger partial charge in [0, 0.05) is 11.2 Å². The number of fused-ring (bicyclic) bond motifs is 1. The molecule has 0 radical (unpaired) electrons. The average Bonchev–Trinajstić information content (AvgIpc) is 3.29. The highest BCUT2D eigenvalue weighted by Gasteiger charge is 2.35. The van der Waals surface area contributed by atoms with E-state index in [1.54, 1.807) is 34.6 Å². The highest BCUT2D eigenvalue weighted by Crippen LogP contribution is 2.45. The Bertz CT molecular complexity index is 1270. The van der Waals surface area contributed by atoms with Gasteiger partial charge in [0.05, 0.1) is 25.6 Å². The summed E-state index contributed by atoms with van der Waals surface area (Å²) in [6.45, 7) is 7.90. The minimum Gasteiger partial charge on any atom is -0.462 e. The van der Waals surface area contributed by atoms with E-state index < -0.39 is 62.5 Å². The topological polar surface area (TPSA) is 216 Å². The van der Waals surface area contributed by atoms with Crippen molar-refractivity contribution in [2.75, 3.05) is 37.1 Å². The first kappa shape index (κ1) is 36.1. The summed E-state index contributed by atoms with van der Waals surface area (Å²) in [6, 6.07) is -1.14. The van der Waals surface area contributed by atoms with Crippen molar-refractivity contribution in [3.8, 4) is 0 Å². The Kier molecular flexibility index (Phi) is 13.4. The van der Waals surface area contributed by atoms with Crippen LogP contribution in [0.15, 0.2) is 6.33 Å². The monoisotopic (exact) mass is 657 g/mol. The number of ether oxygens (including phenoxy) is 2. The van der Waals surface area contributed by atoms with Crippen molar-refractivity contribution in [2.24, 2.45) is 5.41 Å². The number of nitrogen functional groups attached to an aromatic ring is 2. The van der Waals surface area contributed by atoms with Gasteiger partial charge in [0.15, 0.2) is 28.4 Å². The Morgan fingerprint density at radius 3 is 2.48 bits per heavy atom. The first-order chi connectivity index (χ1) is 19.5. The number of imidazole rings is 1. The van der Waals surface area contributed by atoms with E-state index in [2.05, 4.69) is 20.0 Å². The molecule has 2 aromatic heterocycles. The fourth-order valence-corrected chi connectivity index (χ4v) is 5.66. The van der Waals surface area contributed by atoms with Crippen LogP contribution in [0.1, 0.15) is 47.8 Å². The van der Waals surface area contributed by atoms with Crippen molar-refractivity contribution in [3.05, 3.63) is 6.33 Å². The van der Waals surface area contributed by atoms with Gasteiger partial charge in [-0.1, -0.05) is 44.1 Å². The van der Waals surface area contributed by atoms with Crippen LogP contribution in [0.3, 0.4) is 0 Å². The van der Waals surface area contributed by atoms with E-state index in [0.717, 1.165) is 16.3 Å². The van der Waals surface area contributed by atoms with Gasteiger partial charge in [-0.3, -0.25) is 23.2 Å². The zero-order chi connectivity index (χ0) is 31.8. The molecule has 2 unspecified atom stereocenters. The van der Waals surface area contributed by atoms with Gasteiger partial charge in [-0.2, -0.15) is 9.97 Å². The van der Waals surface area contributed by atoms with Gasteiger partial charge in [0.1, 0.15) is 24.3 Å². The number of aliphatic hydroxyl groups is 1. The van der Waals surface area contributed by atoms with Crippen LogP contribution in [0.2, 0.25) is 0 Å². The third-order valence-electron chi connectivity index (χ3n) is 5.20. The number of aromatic nitrogens is 4. The second-order valence-corrected chi connectivity index (χ2v) is 13.6. The van der Waals surface area contributed by atoms with Gasteiger partial charge in [-0.25, -0.2) is 19.0 Å². The fourth-order valence-electron chi connectivity index (χ4n) is 3.14. The number of hydrogen-bond acceptors (Lipinski definition) is 14. The van der Waals surface area contributed by atoms with Gasteiger partial charge in [0.25, 0.3) is 0 Å². The van der Waals surface area contributed by atoms with Crippen molar-refractivity contribution >= 4 is 65.1 Å². The predicted molar refractivity (Wildman–Crippen MR) is 156 cm³/mol. The molecular weight excluding hydrogens is 620 g/mol. The number of carbonyl (C=O) groups excluding carboxylic acids is 2. The van der Waals surface area contributed by atoms with Crippen LogP contribution in [0.4, 0.5) is 16.2 Å². The molecular formula is C23H38ClFN7O8PS. The van der Waals surface area contributed by atoms with Gasteiger partial charge < -0.3 is 26.0 Å². The van der Waals surface area contributed by atoms with E-state index in [9.17, 15) is 23.7 Å². The normalized spacial score (nSPS) is 16.6. The van der Waals surface area contributed by atoms with Crippen LogP contribution in [0.25, 0.3) is 11.2 Å². The van der Waals surface area contributed by atoms with Crippen molar-refractivity contribution in [1.29, 1.82) is 0 Å². The molecule has 15 nitrogen and oxygen atoms in total. The van der Waals surface area contributed by atoms with E-state index in [-0.39, 0.29) is 40.4 Å². The highest BCUT2D eigenvalue weighted by molar-refractivity contribution is 8.13. The molecule has 0 bridgehead atoms. The van der Waals surface area contributed by atoms with Crippen LogP contribution in [-0.4, -0.2) is 85.2 Å². The molecule has 0 saturated carbocycles. The number of rotatable bonds is 16. The molecule has 0 aliphatic rings. The molecule has 6 N–H and O–H groups in total. The zero-order valence-electron chi connectivity index (χ0n) is 24.2. The van der Waals surface area contributed by atoms with E-state index in [1.165, 1.54) is 13.3 Å². The quantitative estimate of drug-likeness (QED) is 0.0883. The first-order valence-electron chi connectivity index (χ1n) is 12.8. The van der Waals surface area contributed by atoms with Crippen LogP contribution >= 0.6 is 31.1 Å². The molecule has 0 spiro atoms. The van der Waals surface area contributed by atoms with Crippen LogP contribution in [-0.2, 0) is 32.7 Å². The molecule has 0 aliphatic carbocycles. The number of esters is 1. The molecule has 2 aromatic rings. The Balaban J connectivity index is 2.20. The van der Waals surface area contributed by atoms with E-state index in [1.807, 2.05) is 0 Å². The summed E-state index contributed by atoms with van der Waals surface area (Å²) in [5, 5.41) is 12.5. The van der Waals surface area contributed by atoms with Gasteiger partial charge in [-0.05, 0) is 20.8 Å². The zero-order valence-corrected chi connectivity index (χ0v) is 26.6. The lowest BCUT2D eigenvalue weighted by Crippen LogP contribution is -2.38. The minimum atomic E-state index is -4.32. The average molecular weight is 658 g/mol. The number of alkyl halides is 2. The maximum atomic E-state index is 14.1. The van der Waals surface area contributed by atoms with E-state index >= 15 is 0 Å². The molecule has 5 atom stereocenters. The maximum Gasteiger partial charge on any atom is 0.406 e. The number of carbonyl (C=O) groups is 2. The molecule has 42 heavy (non-hydrogen) atoms. The Morgan fingerprint density at radius 1 is 1.24 bits per heavy atom. The number of aliphatic hydroxyl groups excluding tert-OH is 1. The summed E-state index contributed by atoms with van der Waals surface area (Å²) in [7, 11) is -4.32. The van der Waals surface area contributed by atoms with E-state index in [4.69, 9.17) is 41.6 Å². The van der Waals surface area contributed by atoms with Crippen molar-refractivity contribution in [2.45, 2.75) is 71.6 Å². The summed E-state index contributed by atoms with van der Waals surface area (Å²) >= 11 is 6.87. The lowest BCUT2D eigenvalue weighted by Gasteiger charge is -2.28. The largest absolute Gasteiger partial charge is 0.462 e. The van der Waals surface area contributed by atoms with Crippen molar-refractivity contribution in [3.63, 3.8) is 0 Å². The third-order valence-corrected chi connectivity index (χ3v) is 8.44. The molecule has 2 heterocycles. The lowest BCUT2D eigenvalue weighted by atomic mass is 10.00. The maximum absolute atomic E-state index is 14.1. The summed E-state index contributed by atoms with van der Waals surface area (Å²) < 4.78 is 50.7. The number of hydrogen-bond donors (Lipinski definition) is 4. The standard InChI is InChI=1S/C23H38ClFN7O8PS/c1-12(2)39-20(34)13(3)31-41(36,37-7-8-42-21(35)23(4,5)6)38-10-14(17(24)33)40-15(9-25)32-11-28-16-18(26)29-22(27)30-19(16)32/h11-15,17,33H,7-10H2,1-6H3,(H,31,36)(H4,26,27,29,30)/t13?,14-,15-,17-,41?/m1/s1. The van der Waals surface area contributed by atoms with Crippen LogP contribution < -0.4 is 16.6 Å². The molecule has 0 aliphatic heterocycles. The molecule has 19 heteroatoms. The second-order valence-electron chi connectivity index (χ2n) is 10.3. The number of nitrogens with zero attached hydrogens (tertiary/aromatic N) is 4. The fraction of sp³-hybridized carbons (Fsp3) is 0.696. The SMILES string of the molecule is CC(C)OC(=O)C(C)NP(=O)(OCCSC(=O)C(C)(C)C)OC[C@@H](O[C@H](CF)n1cnc2c(N)nc(N)nc21)[C@@H](O)Cl. The molecule has 238 valence electrons. The molecule has 0 amide bonds. The van der Waals surface area contributed by atoms with Gasteiger partial charge >= 0.3 is 13.7 Å². The summed E-state index contributed by atoms with van der Waals surface area (Å²) in [5.74, 6) is -0.833. The number of thioether (sulfide) groups is 1. The van der Waals surface area contributed by atoms with Crippen LogP contribution in [0, 0.1) is 5.41 Å². The Hall–Kier alpha value is -2.11. The van der Waals surface area contributed by atoms with Crippen molar-refractivity contribution < 1.29 is 42.2 Å². The first-order valence-corrected chi connectivity index (χ1v) is 15.8. The minimum absolute atomic E-state index is 0.0391. The van der Waals surface area contributed by atoms with Gasteiger partial charge in [0.2, 0.25) is 5.95 Å². The summed E-state index contributed by atoms with van der Waals surface area (Å²) in [6.07, 6.45) is -2.18. The number of halogens is 2. The third kappa shape index (κ3) is 10.6. The predicted octanol–water partition coefficient (Wildman–Crippen LogP) is 2.78. The Labute approximate surface area is 252 Å². The lowest BCUT2D eigenvalue weighted by molar-refractivity contribution is -0.149. The summed E-state index contributed by atoms with van der Waals surface area (Å²) in [4.78, 5) is 36.4. The number of nitrogens with two attached hydrogens (primary N) is 2. The summed E-state index contributed by atoms with van der Waals surface area (Å²) in [5.41, 5.74) is 9.28. The van der Waals surface area contributed by atoms with Crippen LogP contribution in [0.5, 0.6) is 0 Å². The second kappa shape index (κ2) is 15.6. The van der Waals surface area contributed by atoms with Gasteiger partial charge in [-0.15, -0.1) is 0 Å². The molecule has 2 rings (SSSR count). The molecule has 0 aromatic carbocycles. The Morgan fingerprint density at radius 2 is 1.90 bits per heavy atom. The smallest absolute Gasteiger partial charge is 0.406 e. The van der Waals surface area contributed by atoms with Crippen molar-refractivity contribution in [1.82, 2.24) is 24.6 Å².